The molecule has 0 spiro atoms. The second-order valence-electron chi connectivity index (χ2n) is 2.57. The lowest BCUT2D eigenvalue weighted by Gasteiger charge is -2.07. The van der Waals surface area contributed by atoms with Crippen molar-refractivity contribution in [2.45, 2.75) is 26.9 Å². The summed E-state index contributed by atoms with van der Waals surface area (Å²) in [6, 6.07) is 0. The summed E-state index contributed by atoms with van der Waals surface area (Å²) in [5.41, 5.74) is 0. The van der Waals surface area contributed by atoms with Crippen molar-refractivity contribution in [2.75, 3.05) is 6.61 Å². The Labute approximate surface area is 56.2 Å². The Kier molecular flexibility index (Phi) is 4.32. The average Bonchev–Trinajstić information content (AvgIpc) is 1.83. The first kappa shape index (κ1) is 8.63. The van der Waals surface area contributed by atoms with Crippen LogP contribution in [0.25, 0.3) is 0 Å². The molecule has 0 N–H and O–H groups in total. The van der Waals surface area contributed by atoms with E-state index in [1.54, 1.807) is 6.92 Å². The Balaban J connectivity index is 3.16. The third kappa shape index (κ3) is 5.50. The lowest BCUT2D eigenvalue weighted by Crippen LogP contribution is -2.13. The van der Waals surface area contributed by atoms with Gasteiger partial charge in [-0.3, -0.25) is 0 Å². The predicted octanol–water partition coefficient (Wildman–Crippen LogP) is 1.25. The molecule has 0 heterocycles. The molecule has 2 nitrogen and oxygen atoms in total. The van der Waals surface area contributed by atoms with E-state index in [0.29, 0.717) is 12.5 Å². The lowest BCUT2D eigenvalue weighted by molar-refractivity contribution is -0.117. The largest absolute Gasteiger partial charge is 0.371 e. The van der Waals surface area contributed by atoms with Crippen LogP contribution in [0.5, 0.6) is 0 Å². The lowest BCUT2D eigenvalue weighted by atomic mass is 10.2. The Morgan fingerprint density at radius 1 is 1.44 bits per heavy atom. The topological polar surface area (TPSA) is 26.3 Å². The Morgan fingerprint density at radius 3 is 2.33 bits per heavy atom. The zero-order chi connectivity index (χ0) is 7.28. The minimum absolute atomic E-state index is 0.243. The van der Waals surface area contributed by atoms with Gasteiger partial charge in [-0.1, -0.05) is 13.8 Å². The predicted molar refractivity (Wildman–Crippen MR) is 36.3 cm³/mol. The van der Waals surface area contributed by atoms with E-state index >= 15 is 0 Å². The van der Waals surface area contributed by atoms with Crippen molar-refractivity contribution < 1.29 is 9.53 Å². The number of carbonyl (C=O) groups excluding carboxylic acids is 1. The summed E-state index contributed by atoms with van der Waals surface area (Å²) in [7, 11) is 0. The quantitative estimate of drug-likeness (QED) is 0.535. The van der Waals surface area contributed by atoms with Gasteiger partial charge in [-0.15, -0.1) is 0 Å². The monoisotopic (exact) mass is 130 g/mol. The molecule has 1 unspecified atom stereocenters. The highest BCUT2D eigenvalue weighted by atomic mass is 16.5. The number of hydrogen-bond donors (Lipinski definition) is 0. The third-order valence-corrected chi connectivity index (χ3v) is 0.884. The van der Waals surface area contributed by atoms with Crippen LogP contribution < -0.4 is 0 Å². The molecule has 0 aliphatic carbocycles. The second kappa shape index (κ2) is 4.50. The van der Waals surface area contributed by atoms with Crippen LogP contribution in [-0.4, -0.2) is 19.0 Å². The number of aldehydes is 1. The molecule has 54 valence electrons. The molecule has 0 saturated heterocycles. The van der Waals surface area contributed by atoms with Gasteiger partial charge < -0.3 is 9.53 Å². The van der Waals surface area contributed by atoms with E-state index in [1.165, 1.54) is 0 Å². The van der Waals surface area contributed by atoms with Crippen LogP contribution in [0, 0.1) is 5.92 Å². The minimum Gasteiger partial charge on any atom is -0.371 e. The van der Waals surface area contributed by atoms with Gasteiger partial charge >= 0.3 is 0 Å². The molecule has 0 aromatic rings. The highest BCUT2D eigenvalue weighted by Crippen LogP contribution is 1.94. The SMILES string of the molecule is CC(C)COC(C)C=O. The Hall–Kier alpha value is -0.370. The Bertz CT molecular complexity index is 79.0. The van der Waals surface area contributed by atoms with Crippen molar-refractivity contribution in [3.63, 3.8) is 0 Å². The van der Waals surface area contributed by atoms with Gasteiger partial charge in [0.2, 0.25) is 0 Å². The summed E-state index contributed by atoms with van der Waals surface area (Å²) in [6.07, 6.45) is 0.565. The van der Waals surface area contributed by atoms with E-state index < -0.39 is 0 Å². The van der Waals surface area contributed by atoms with Crippen molar-refractivity contribution >= 4 is 6.29 Å². The van der Waals surface area contributed by atoms with Crippen LogP contribution >= 0.6 is 0 Å². The highest BCUT2D eigenvalue weighted by Gasteiger charge is 1.99. The summed E-state index contributed by atoms with van der Waals surface area (Å²) in [5.74, 6) is 0.507. The maximum atomic E-state index is 9.99. The third-order valence-electron chi connectivity index (χ3n) is 0.884. The van der Waals surface area contributed by atoms with E-state index in [4.69, 9.17) is 4.74 Å². The fourth-order valence-electron chi connectivity index (χ4n) is 0.384. The summed E-state index contributed by atoms with van der Waals surface area (Å²) < 4.78 is 5.08. The normalized spacial score (nSPS) is 13.8. The first-order valence-electron chi connectivity index (χ1n) is 3.23. The fraction of sp³-hybridized carbons (Fsp3) is 0.857. The Morgan fingerprint density at radius 2 is 2.00 bits per heavy atom. The molecule has 0 aliphatic rings. The van der Waals surface area contributed by atoms with E-state index in [0.717, 1.165) is 6.29 Å². The molecule has 0 rings (SSSR count). The van der Waals surface area contributed by atoms with E-state index in [-0.39, 0.29) is 6.10 Å². The van der Waals surface area contributed by atoms with Gasteiger partial charge in [0.1, 0.15) is 12.4 Å². The summed E-state index contributed by atoms with van der Waals surface area (Å²) in [4.78, 5) is 9.99. The van der Waals surface area contributed by atoms with Gasteiger partial charge in [-0.05, 0) is 12.8 Å². The zero-order valence-electron chi connectivity index (χ0n) is 6.26. The molecule has 0 fully saturated rings. The van der Waals surface area contributed by atoms with Crippen LogP contribution in [0.1, 0.15) is 20.8 Å². The summed E-state index contributed by atoms with van der Waals surface area (Å²) in [6.45, 7) is 6.52. The minimum atomic E-state index is -0.243. The molecule has 0 amide bonds. The van der Waals surface area contributed by atoms with Gasteiger partial charge in [0.15, 0.2) is 0 Å². The maximum absolute atomic E-state index is 9.99. The van der Waals surface area contributed by atoms with Crippen molar-refractivity contribution in [1.29, 1.82) is 0 Å². The number of rotatable bonds is 4. The van der Waals surface area contributed by atoms with Crippen molar-refractivity contribution in [1.82, 2.24) is 0 Å². The summed E-state index contributed by atoms with van der Waals surface area (Å²) >= 11 is 0. The van der Waals surface area contributed by atoms with E-state index in [2.05, 4.69) is 13.8 Å². The van der Waals surface area contributed by atoms with Gasteiger partial charge in [0.25, 0.3) is 0 Å². The average molecular weight is 130 g/mol. The van der Waals surface area contributed by atoms with Crippen LogP contribution in [0.3, 0.4) is 0 Å². The molecule has 2 heteroatoms. The first-order chi connectivity index (χ1) is 4.16. The maximum Gasteiger partial charge on any atom is 0.148 e. The summed E-state index contributed by atoms with van der Waals surface area (Å²) in [5, 5.41) is 0. The van der Waals surface area contributed by atoms with Crippen LogP contribution in [-0.2, 0) is 9.53 Å². The molecular weight excluding hydrogens is 116 g/mol. The number of hydrogen-bond acceptors (Lipinski definition) is 2. The van der Waals surface area contributed by atoms with Crippen LogP contribution in [0.15, 0.2) is 0 Å². The molecule has 0 aliphatic heterocycles. The smallest absolute Gasteiger partial charge is 0.148 e. The second-order valence-corrected chi connectivity index (χ2v) is 2.57. The highest BCUT2D eigenvalue weighted by molar-refractivity contribution is 5.55. The van der Waals surface area contributed by atoms with Gasteiger partial charge in [-0.2, -0.15) is 0 Å². The molecule has 0 saturated carbocycles. The number of carbonyl (C=O) groups is 1. The van der Waals surface area contributed by atoms with Crippen molar-refractivity contribution in [3.05, 3.63) is 0 Å². The molecule has 0 aromatic heterocycles. The van der Waals surface area contributed by atoms with Crippen LogP contribution in [0.2, 0.25) is 0 Å². The van der Waals surface area contributed by atoms with Gasteiger partial charge in [0, 0.05) is 6.61 Å². The molecule has 0 aromatic carbocycles. The number of ether oxygens (including phenoxy) is 1. The van der Waals surface area contributed by atoms with Crippen molar-refractivity contribution in [2.24, 2.45) is 5.92 Å². The van der Waals surface area contributed by atoms with Gasteiger partial charge in [0.05, 0.1) is 0 Å². The van der Waals surface area contributed by atoms with Gasteiger partial charge in [-0.25, -0.2) is 0 Å². The molecular formula is C7H14O2. The fourth-order valence-corrected chi connectivity index (χ4v) is 0.384. The van der Waals surface area contributed by atoms with Crippen molar-refractivity contribution in [3.8, 4) is 0 Å². The van der Waals surface area contributed by atoms with E-state index in [9.17, 15) is 4.79 Å². The zero-order valence-corrected chi connectivity index (χ0v) is 6.26. The first-order valence-corrected chi connectivity index (χ1v) is 3.23. The standard InChI is InChI=1S/C7H14O2/c1-6(2)5-9-7(3)4-8/h4,6-7H,5H2,1-3H3. The molecule has 0 radical (unpaired) electrons. The molecule has 1 atom stereocenters. The molecule has 9 heavy (non-hydrogen) atoms. The molecule has 0 bridgehead atoms. The van der Waals surface area contributed by atoms with E-state index in [1.807, 2.05) is 0 Å². The van der Waals surface area contributed by atoms with Crippen LogP contribution in [0.4, 0.5) is 0 Å².